The van der Waals surface area contributed by atoms with Gasteiger partial charge in [-0.05, 0) is 43.4 Å². The first-order chi connectivity index (χ1) is 11.0. The van der Waals surface area contributed by atoms with Gasteiger partial charge in [0.1, 0.15) is 0 Å². The maximum Gasteiger partial charge on any atom is 0.219 e. The highest BCUT2D eigenvalue weighted by atomic mass is 16.5. The van der Waals surface area contributed by atoms with Gasteiger partial charge in [-0.25, -0.2) is 0 Å². The van der Waals surface area contributed by atoms with Crippen LogP contribution in [0.25, 0.3) is 0 Å². The number of carbonyl (C=O) groups is 2. The quantitative estimate of drug-likeness (QED) is 0.757. The van der Waals surface area contributed by atoms with Crippen LogP contribution in [0.3, 0.4) is 0 Å². The van der Waals surface area contributed by atoms with Crippen molar-refractivity contribution >= 4 is 11.7 Å². The zero-order valence-electron chi connectivity index (χ0n) is 14.1. The lowest BCUT2D eigenvalue weighted by Gasteiger charge is -2.31. The van der Waals surface area contributed by atoms with Gasteiger partial charge in [0.25, 0.3) is 0 Å². The minimum Gasteiger partial charge on any atom is -0.493 e. The summed E-state index contributed by atoms with van der Waals surface area (Å²) in [7, 11) is 3.14. The van der Waals surface area contributed by atoms with Gasteiger partial charge in [-0.1, -0.05) is 0 Å². The van der Waals surface area contributed by atoms with Crippen LogP contribution in [0.1, 0.15) is 43.0 Å². The topological polar surface area (TPSA) is 55.8 Å². The molecule has 2 rings (SSSR count). The molecule has 0 atom stereocenters. The fraction of sp³-hybridized carbons (Fsp3) is 0.556. The van der Waals surface area contributed by atoms with Crippen LogP contribution in [0, 0.1) is 5.92 Å². The first-order valence-electron chi connectivity index (χ1n) is 8.06. The lowest BCUT2D eigenvalue weighted by molar-refractivity contribution is -0.130. The maximum atomic E-state index is 12.4. The summed E-state index contributed by atoms with van der Waals surface area (Å²) in [4.78, 5) is 25.6. The predicted octanol–water partition coefficient (Wildman–Crippen LogP) is 2.93. The number of rotatable bonds is 6. The van der Waals surface area contributed by atoms with Crippen LogP contribution in [0.5, 0.6) is 11.5 Å². The Hall–Kier alpha value is -2.04. The first-order valence-corrected chi connectivity index (χ1v) is 8.06. The van der Waals surface area contributed by atoms with Crippen molar-refractivity contribution in [1.29, 1.82) is 0 Å². The Bertz CT molecular complexity index is 562. The standard InChI is InChI=1S/C18H25NO4/c1-13(20)19-10-8-14(9-11-19)4-6-16(21)15-5-7-17(22-2)18(12-15)23-3/h5,7,12,14H,4,6,8-11H2,1-3H3. The summed E-state index contributed by atoms with van der Waals surface area (Å²) in [6, 6.07) is 5.28. The van der Waals surface area contributed by atoms with E-state index >= 15 is 0 Å². The lowest BCUT2D eigenvalue weighted by Crippen LogP contribution is -2.37. The molecule has 0 N–H and O–H groups in total. The van der Waals surface area contributed by atoms with Crippen molar-refractivity contribution in [2.45, 2.75) is 32.6 Å². The van der Waals surface area contributed by atoms with E-state index in [4.69, 9.17) is 9.47 Å². The number of hydrogen-bond acceptors (Lipinski definition) is 4. The fourth-order valence-electron chi connectivity index (χ4n) is 3.03. The molecule has 1 aromatic rings. The number of hydrogen-bond donors (Lipinski definition) is 0. The van der Waals surface area contributed by atoms with Gasteiger partial charge in [0.2, 0.25) is 5.91 Å². The van der Waals surface area contributed by atoms with Gasteiger partial charge < -0.3 is 14.4 Å². The zero-order chi connectivity index (χ0) is 16.8. The zero-order valence-corrected chi connectivity index (χ0v) is 14.1. The van der Waals surface area contributed by atoms with E-state index in [0.717, 1.165) is 32.4 Å². The molecule has 0 bridgehead atoms. The number of Topliss-reactive ketones (excluding diaryl/α,β-unsaturated/α-hetero) is 1. The van der Waals surface area contributed by atoms with Gasteiger partial charge in [0.15, 0.2) is 17.3 Å². The number of amides is 1. The van der Waals surface area contributed by atoms with E-state index < -0.39 is 0 Å². The van der Waals surface area contributed by atoms with E-state index in [2.05, 4.69) is 0 Å². The normalized spacial score (nSPS) is 15.3. The highest BCUT2D eigenvalue weighted by Gasteiger charge is 2.21. The highest BCUT2D eigenvalue weighted by Crippen LogP contribution is 2.29. The van der Waals surface area contributed by atoms with Crippen LogP contribution in [0.15, 0.2) is 18.2 Å². The molecule has 126 valence electrons. The van der Waals surface area contributed by atoms with Gasteiger partial charge in [0.05, 0.1) is 14.2 Å². The molecule has 1 amide bonds. The summed E-state index contributed by atoms with van der Waals surface area (Å²) >= 11 is 0. The molecule has 0 aromatic heterocycles. The monoisotopic (exact) mass is 319 g/mol. The van der Waals surface area contributed by atoms with E-state index in [-0.39, 0.29) is 11.7 Å². The van der Waals surface area contributed by atoms with Gasteiger partial charge in [0, 0.05) is 32.0 Å². The third kappa shape index (κ3) is 4.47. The summed E-state index contributed by atoms with van der Waals surface area (Å²) in [6.45, 7) is 3.23. The number of methoxy groups -OCH3 is 2. The van der Waals surface area contributed by atoms with E-state index in [9.17, 15) is 9.59 Å². The number of benzene rings is 1. The summed E-state index contributed by atoms with van der Waals surface area (Å²) in [5.74, 6) is 1.99. The first kappa shape index (κ1) is 17.3. The second-order valence-corrected chi connectivity index (χ2v) is 5.98. The molecule has 5 heteroatoms. The summed E-state index contributed by atoms with van der Waals surface area (Å²) in [6.07, 6.45) is 3.37. The number of ketones is 1. The fourth-order valence-corrected chi connectivity index (χ4v) is 3.03. The summed E-state index contributed by atoms with van der Waals surface area (Å²) < 4.78 is 10.4. The highest BCUT2D eigenvalue weighted by molar-refractivity contribution is 5.96. The van der Waals surface area contributed by atoms with Crippen LogP contribution in [0.2, 0.25) is 0 Å². The number of likely N-dealkylation sites (tertiary alicyclic amines) is 1. The van der Waals surface area contributed by atoms with Crippen molar-refractivity contribution in [1.82, 2.24) is 4.90 Å². The minimum atomic E-state index is 0.125. The molecule has 0 saturated carbocycles. The molecule has 0 unspecified atom stereocenters. The van der Waals surface area contributed by atoms with Crippen molar-refractivity contribution in [3.05, 3.63) is 23.8 Å². The average Bonchev–Trinajstić information content (AvgIpc) is 2.59. The Morgan fingerprint density at radius 1 is 1.13 bits per heavy atom. The van der Waals surface area contributed by atoms with Gasteiger partial charge in [-0.15, -0.1) is 0 Å². The Balaban J connectivity index is 1.87. The minimum absolute atomic E-state index is 0.125. The van der Waals surface area contributed by atoms with Gasteiger partial charge in [-0.2, -0.15) is 0 Å². The van der Waals surface area contributed by atoms with Crippen molar-refractivity contribution < 1.29 is 19.1 Å². The molecular formula is C18H25NO4. The molecule has 1 fully saturated rings. The third-order valence-electron chi connectivity index (χ3n) is 4.55. The van der Waals surface area contributed by atoms with Crippen molar-refractivity contribution in [2.75, 3.05) is 27.3 Å². The SMILES string of the molecule is COc1ccc(C(=O)CCC2CCN(C(C)=O)CC2)cc1OC. The number of carbonyl (C=O) groups excluding carboxylic acids is 2. The molecule has 1 aromatic carbocycles. The number of ether oxygens (including phenoxy) is 2. The second-order valence-electron chi connectivity index (χ2n) is 5.98. The average molecular weight is 319 g/mol. The maximum absolute atomic E-state index is 12.4. The number of piperidine rings is 1. The molecule has 5 nitrogen and oxygen atoms in total. The van der Waals surface area contributed by atoms with Crippen LogP contribution in [0.4, 0.5) is 0 Å². The van der Waals surface area contributed by atoms with Gasteiger partial charge in [-0.3, -0.25) is 9.59 Å². The molecule has 1 saturated heterocycles. The Labute approximate surface area is 137 Å². The second kappa shape index (κ2) is 7.99. The van der Waals surface area contributed by atoms with Crippen molar-refractivity contribution in [3.63, 3.8) is 0 Å². The summed E-state index contributed by atoms with van der Waals surface area (Å²) in [5.41, 5.74) is 0.656. The van der Waals surface area contributed by atoms with Crippen LogP contribution >= 0.6 is 0 Å². The molecule has 0 spiro atoms. The van der Waals surface area contributed by atoms with E-state index in [1.165, 1.54) is 0 Å². The van der Waals surface area contributed by atoms with Crippen molar-refractivity contribution in [3.8, 4) is 11.5 Å². The van der Waals surface area contributed by atoms with Crippen molar-refractivity contribution in [2.24, 2.45) is 5.92 Å². The van der Waals surface area contributed by atoms with Crippen LogP contribution in [-0.4, -0.2) is 43.9 Å². The Kier molecular flexibility index (Phi) is 6.02. The molecular weight excluding hydrogens is 294 g/mol. The Morgan fingerprint density at radius 2 is 1.78 bits per heavy atom. The van der Waals surface area contributed by atoms with Gasteiger partial charge >= 0.3 is 0 Å². The Morgan fingerprint density at radius 3 is 2.35 bits per heavy atom. The molecule has 23 heavy (non-hydrogen) atoms. The predicted molar refractivity (Wildman–Crippen MR) is 88.1 cm³/mol. The molecule has 0 radical (unpaired) electrons. The summed E-state index contributed by atoms with van der Waals surface area (Å²) in [5, 5.41) is 0. The van der Waals surface area contributed by atoms with Crippen LogP contribution in [-0.2, 0) is 4.79 Å². The largest absolute Gasteiger partial charge is 0.493 e. The third-order valence-corrected chi connectivity index (χ3v) is 4.55. The van der Waals surface area contributed by atoms with Crippen LogP contribution < -0.4 is 9.47 Å². The molecule has 1 aliphatic heterocycles. The van der Waals surface area contributed by atoms with E-state index in [0.29, 0.717) is 29.4 Å². The molecule has 1 heterocycles. The van der Waals surface area contributed by atoms with E-state index in [1.807, 2.05) is 4.90 Å². The lowest BCUT2D eigenvalue weighted by atomic mass is 9.90. The number of nitrogens with zero attached hydrogens (tertiary/aromatic N) is 1. The van der Waals surface area contributed by atoms with E-state index in [1.54, 1.807) is 39.3 Å². The smallest absolute Gasteiger partial charge is 0.219 e. The molecule has 1 aliphatic rings. The molecule has 0 aliphatic carbocycles.